The molecular formula is C17H14N6O3. The third kappa shape index (κ3) is 3.51. The molecule has 0 aliphatic carbocycles. The summed E-state index contributed by atoms with van der Waals surface area (Å²) in [4.78, 5) is 20.3. The molecule has 1 N–H and O–H groups in total. The quantitative estimate of drug-likeness (QED) is 0.567. The number of rotatable bonds is 6. The SMILES string of the molecule is O=C(Cn1cncn1)Nc1ccccc1Cc1nc(-c2ccco2)no1. The van der Waals surface area contributed by atoms with Crippen molar-refractivity contribution in [2.24, 2.45) is 0 Å². The van der Waals surface area contributed by atoms with E-state index in [4.69, 9.17) is 8.94 Å². The second-order valence-corrected chi connectivity index (χ2v) is 5.46. The van der Waals surface area contributed by atoms with E-state index < -0.39 is 0 Å². The van der Waals surface area contributed by atoms with Gasteiger partial charge in [-0.1, -0.05) is 23.4 Å². The summed E-state index contributed by atoms with van der Waals surface area (Å²) in [5.74, 6) is 1.14. The van der Waals surface area contributed by atoms with Gasteiger partial charge in [-0.15, -0.1) is 0 Å². The van der Waals surface area contributed by atoms with Crippen molar-refractivity contribution in [3.8, 4) is 11.6 Å². The lowest BCUT2D eigenvalue weighted by molar-refractivity contribution is -0.116. The van der Waals surface area contributed by atoms with Gasteiger partial charge in [0.2, 0.25) is 17.6 Å². The average Bonchev–Trinajstić information content (AvgIpc) is 3.38. The normalized spacial score (nSPS) is 10.8. The number of hydrogen-bond donors (Lipinski definition) is 1. The molecule has 0 fully saturated rings. The Hall–Kier alpha value is -3.75. The Labute approximate surface area is 147 Å². The number of amides is 1. The highest BCUT2D eigenvalue weighted by Crippen LogP contribution is 2.21. The van der Waals surface area contributed by atoms with E-state index in [0.717, 1.165) is 5.56 Å². The highest BCUT2D eigenvalue weighted by Gasteiger charge is 2.14. The van der Waals surface area contributed by atoms with Gasteiger partial charge in [0.15, 0.2) is 5.76 Å². The van der Waals surface area contributed by atoms with Crippen molar-refractivity contribution < 1.29 is 13.7 Å². The molecule has 9 heteroatoms. The number of nitrogens with one attached hydrogen (secondary N) is 1. The third-order valence-electron chi connectivity index (χ3n) is 3.61. The summed E-state index contributed by atoms with van der Waals surface area (Å²) >= 11 is 0. The van der Waals surface area contributed by atoms with Crippen molar-refractivity contribution in [2.45, 2.75) is 13.0 Å². The van der Waals surface area contributed by atoms with E-state index in [1.165, 1.54) is 17.3 Å². The van der Waals surface area contributed by atoms with Crippen molar-refractivity contribution in [3.05, 3.63) is 66.8 Å². The maximum absolute atomic E-state index is 12.2. The molecule has 0 radical (unpaired) electrons. The molecule has 26 heavy (non-hydrogen) atoms. The van der Waals surface area contributed by atoms with Crippen LogP contribution in [0.1, 0.15) is 11.5 Å². The molecule has 0 bridgehead atoms. The van der Waals surface area contributed by atoms with Crippen LogP contribution in [0.4, 0.5) is 5.69 Å². The summed E-state index contributed by atoms with van der Waals surface area (Å²) in [5, 5.41) is 10.7. The van der Waals surface area contributed by atoms with E-state index in [9.17, 15) is 4.79 Å². The maximum atomic E-state index is 12.2. The Morgan fingerprint density at radius 1 is 1.19 bits per heavy atom. The monoisotopic (exact) mass is 350 g/mol. The van der Waals surface area contributed by atoms with E-state index in [-0.39, 0.29) is 12.5 Å². The van der Waals surface area contributed by atoms with Crippen molar-refractivity contribution in [1.29, 1.82) is 0 Å². The summed E-state index contributed by atoms with van der Waals surface area (Å²) in [7, 11) is 0. The first-order valence-corrected chi connectivity index (χ1v) is 7.84. The van der Waals surface area contributed by atoms with Gasteiger partial charge in [0.25, 0.3) is 0 Å². The van der Waals surface area contributed by atoms with Gasteiger partial charge in [0, 0.05) is 5.69 Å². The minimum absolute atomic E-state index is 0.0809. The Morgan fingerprint density at radius 2 is 2.12 bits per heavy atom. The summed E-state index contributed by atoms with van der Waals surface area (Å²) in [5.41, 5.74) is 1.53. The molecule has 0 aliphatic heterocycles. The highest BCUT2D eigenvalue weighted by molar-refractivity contribution is 5.91. The lowest BCUT2D eigenvalue weighted by Crippen LogP contribution is -2.19. The molecule has 3 aromatic heterocycles. The van der Waals surface area contributed by atoms with Crippen molar-refractivity contribution in [3.63, 3.8) is 0 Å². The van der Waals surface area contributed by atoms with Gasteiger partial charge in [-0.3, -0.25) is 4.79 Å². The van der Waals surface area contributed by atoms with Crippen LogP contribution >= 0.6 is 0 Å². The third-order valence-corrected chi connectivity index (χ3v) is 3.61. The number of aromatic nitrogens is 5. The zero-order chi connectivity index (χ0) is 17.8. The summed E-state index contributed by atoms with van der Waals surface area (Å²) in [6, 6.07) is 10.9. The predicted molar refractivity (Wildman–Crippen MR) is 89.9 cm³/mol. The zero-order valence-electron chi connectivity index (χ0n) is 13.6. The van der Waals surface area contributed by atoms with Crippen LogP contribution in [0.3, 0.4) is 0 Å². The minimum Gasteiger partial charge on any atom is -0.461 e. The number of carbonyl (C=O) groups excluding carboxylic acids is 1. The summed E-state index contributed by atoms with van der Waals surface area (Å²) < 4.78 is 12.0. The van der Waals surface area contributed by atoms with E-state index in [2.05, 4.69) is 25.5 Å². The molecule has 1 aromatic carbocycles. The molecule has 0 atom stereocenters. The molecule has 0 unspecified atom stereocenters. The number of nitrogens with zero attached hydrogens (tertiary/aromatic N) is 5. The number of para-hydroxylation sites is 1. The number of carbonyl (C=O) groups is 1. The average molecular weight is 350 g/mol. The van der Waals surface area contributed by atoms with Crippen LogP contribution in [0, 0.1) is 0 Å². The van der Waals surface area contributed by atoms with Crippen LogP contribution in [0.25, 0.3) is 11.6 Å². The molecule has 3 heterocycles. The van der Waals surface area contributed by atoms with E-state index in [1.807, 2.05) is 24.3 Å². The predicted octanol–water partition coefficient (Wildman–Crippen LogP) is 2.15. The lowest BCUT2D eigenvalue weighted by Gasteiger charge is -2.09. The van der Waals surface area contributed by atoms with Crippen molar-refractivity contribution in [1.82, 2.24) is 24.9 Å². The van der Waals surface area contributed by atoms with Crippen LogP contribution < -0.4 is 5.32 Å². The molecule has 9 nitrogen and oxygen atoms in total. The van der Waals surface area contributed by atoms with Crippen LogP contribution in [-0.4, -0.2) is 30.8 Å². The number of hydrogen-bond acceptors (Lipinski definition) is 7. The van der Waals surface area contributed by atoms with Gasteiger partial charge in [0.1, 0.15) is 19.2 Å². The summed E-state index contributed by atoms with van der Waals surface area (Å²) in [6.07, 6.45) is 4.80. The number of benzene rings is 1. The Kier molecular flexibility index (Phi) is 4.25. The zero-order valence-corrected chi connectivity index (χ0v) is 13.6. The number of anilines is 1. The second kappa shape index (κ2) is 7.01. The highest BCUT2D eigenvalue weighted by atomic mass is 16.5. The van der Waals surface area contributed by atoms with Gasteiger partial charge < -0.3 is 14.3 Å². The lowest BCUT2D eigenvalue weighted by atomic mass is 10.1. The molecule has 0 saturated heterocycles. The first kappa shape index (κ1) is 15.8. The summed E-state index contributed by atoms with van der Waals surface area (Å²) in [6.45, 7) is 0.0809. The van der Waals surface area contributed by atoms with Crippen LogP contribution in [0.2, 0.25) is 0 Å². The fourth-order valence-electron chi connectivity index (χ4n) is 2.44. The molecular weight excluding hydrogens is 336 g/mol. The van der Waals surface area contributed by atoms with Gasteiger partial charge in [0.05, 0.1) is 12.7 Å². The fraction of sp³-hybridized carbons (Fsp3) is 0.118. The molecule has 0 saturated carbocycles. The first-order valence-electron chi connectivity index (χ1n) is 7.84. The minimum atomic E-state index is -0.204. The van der Waals surface area contributed by atoms with Crippen molar-refractivity contribution >= 4 is 11.6 Å². The topological polar surface area (TPSA) is 112 Å². The Morgan fingerprint density at radius 3 is 2.92 bits per heavy atom. The fourth-order valence-corrected chi connectivity index (χ4v) is 2.44. The molecule has 0 aliphatic rings. The van der Waals surface area contributed by atoms with Gasteiger partial charge in [-0.2, -0.15) is 10.1 Å². The van der Waals surface area contributed by atoms with Gasteiger partial charge in [-0.25, -0.2) is 9.67 Å². The Balaban J connectivity index is 1.48. The molecule has 1 amide bonds. The van der Waals surface area contributed by atoms with Gasteiger partial charge in [-0.05, 0) is 23.8 Å². The molecule has 4 rings (SSSR count). The standard InChI is InChI=1S/C17H14N6O3/c24-15(9-23-11-18-10-19-23)20-13-5-2-1-4-12(13)8-16-21-17(22-26-16)14-6-3-7-25-14/h1-7,10-11H,8-9H2,(H,20,24). The van der Waals surface area contributed by atoms with E-state index in [0.29, 0.717) is 29.6 Å². The largest absolute Gasteiger partial charge is 0.461 e. The maximum Gasteiger partial charge on any atom is 0.246 e. The van der Waals surface area contributed by atoms with Gasteiger partial charge >= 0.3 is 0 Å². The molecule has 0 spiro atoms. The second-order valence-electron chi connectivity index (χ2n) is 5.46. The Bertz CT molecular complexity index is 991. The van der Waals surface area contributed by atoms with Crippen LogP contribution in [0.5, 0.6) is 0 Å². The smallest absolute Gasteiger partial charge is 0.246 e. The molecule has 130 valence electrons. The van der Waals surface area contributed by atoms with Crippen LogP contribution in [0.15, 0.2) is 64.3 Å². The van der Waals surface area contributed by atoms with Crippen molar-refractivity contribution in [2.75, 3.05) is 5.32 Å². The van der Waals surface area contributed by atoms with Crippen LogP contribution in [-0.2, 0) is 17.8 Å². The van der Waals surface area contributed by atoms with E-state index in [1.54, 1.807) is 18.4 Å². The van der Waals surface area contributed by atoms with E-state index >= 15 is 0 Å². The first-order chi connectivity index (χ1) is 12.8. The molecule has 4 aromatic rings. The number of furan rings is 1.